The van der Waals surface area contributed by atoms with Crippen LogP contribution >= 0.6 is 11.3 Å². The third kappa shape index (κ3) is 2.33. The first-order valence-electron chi connectivity index (χ1n) is 6.03. The van der Waals surface area contributed by atoms with Crippen LogP contribution in [0.25, 0.3) is 10.9 Å². The zero-order valence-electron chi connectivity index (χ0n) is 10.4. The monoisotopic (exact) mass is 285 g/mol. The van der Waals surface area contributed by atoms with E-state index in [1.807, 2.05) is 11.4 Å². The van der Waals surface area contributed by atoms with Crippen molar-refractivity contribution in [1.29, 1.82) is 0 Å². The minimum atomic E-state index is -0.382. The molecule has 0 spiro atoms. The van der Waals surface area contributed by atoms with E-state index in [1.165, 1.54) is 11.6 Å². The van der Waals surface area contributed by atoms with Gasteiger partial charge in [-0.2, -0.15) is 11.3 Å². The van der Waals surface area contributed by atoms with Crippen molar-refractivity contribution in [1.82, 2.24) is 4.98 Å². The van der Waals surface area contributed by atoms with Gasteiger partial charge in [0, 0.05) is 18.8 Å². The highest BCUT2D eigenvalue weighted by molar-refractivity contribution is 7.07. The molecule has 3 rings (SSSR count). The second kappa shape index (κ2) is 5.26. The minimum absolute atomic E-state index is 0.0779. The molecule has 0 fully saturated rings. The van der Waals surface area contributed by atoms with Gasteiger partial charge in [0.2, 0.25) is 0 Å². The summed E-state index contributed by atoms with van der Waals surface area (Å²) < 4.78 is 0. The summed E-state index contributed by atoms with van der Waals surface area (Å²) in [4.78, 5) is 14.9. The maximum atomic E-state index is 11.0. The summed E-state index contributed by atoms with van der Waals surface area (Å²) in [6.07, 6.45) is 1.64. The number of benzene rings is 1. The van der Waals surface area contributed by atoms with Crippen molar-refractivity contribution in [3.8, 4) is 0 Å². The second-order valence-corrected chi connectivity index (χ2v) is 5.05. The number of non-ortho nitro benzene ring substituents is 1. The van der Waals surface area contributed by atoms with Crippen molar-refractivity contribution in [3.05, 3.63) is 63.0 Å². The highest BCUT2D eigenvalue weighted by atomic mass is 32.1. The number of rotatable bonds is 4. The van der Waals surface area contributed by atoms with Gasteiger partial charge in [-0.1, -0.05) is 0 Å². The molecule has 100 valence electrons. The summed E-state index contributed by atoms with van der Waals surface area (Å²) >= 11 is 1.64. The number of aromatic nitrogens is 1. The summed E-state index contributed by atoms with van der Waals surface area (Å²) in [6.45, 7) is 0.674. The number of pyridine rings is 1. The van der Waals surface area contributed by atoms with Gasteiger partial charge in [0.15, 0.2) is 0 Å². The van der Waals surface area contributed by atoms with Crippen LogP contribution in [0, 0.1) is 10.1 Å². The molecule has 0 saturated carbocycles. The zero-order chi connectivity index (χ0) is 13.9. The molecule has 6 heteroatoms. The number of hydrogen-bond donors (Lipinski definition) is 1. The van der Waals surface area contributed by atoms with Gasteiger partial charge in [-0.25, -0.2) is 0 Å². The quantitative estimate of drug-likeness (QED) is 0.584. The number of nitrogens with one attached hydrogen (secondary N) is 1. The maximum absolute atomic E-state index is 11.0. The minimum Gasteiger partial charge on any atom is -0.379 e. The Morgan fingerprint density at radius 2 is 2.20 bits per heavy atom. The lowest BCUT2D eigenvalue weighted by Gasteiger charge is -2.08. The van der Waals surface area contributed by atoms with Crippen LogP contribution in [-0.2, 0) is 6.54 Å². The molecule has 0 aliphatic rings. The molecule has 0 aliphatic heterocycles. The Bertz CT molecular complexity index is 756. The Hall–Kier alpha value is -2.47. The number of thiophene rings is 1. The van der Waals surface area contributed by atoms with E-state index in [2.05, 4.69) is 15.7 Å². The Balaban J connectivity index is 1.99. The van der Waals surface area contributed by atoms with Gasteiger partial charge in [-0.05, 0) is 40.6 Å². The number of nitro groups is 1. The van der Waals surface area contributed by atoms with Crippen LogP contribution in [-0.4, -0.2) is 9.91 Å². The van der Waals surface area contributed by atoms with Crippen LogP contribution in [0.5, 0.6) is 0 Å². The van der Waals surface area contributed by atoms with Crippen molar-refractivity contribution in [2.24, 2.45) is 0 Å². The Kier molecular flexibility index (Phi) is 3.30. The van der Waals surface area contributed by atoms with Gasteiger partial charge in [0.05, 0.1) is 16.0 Å². The molecule has 1 aromatic carbocycles. The molecule has 0 bridgehead atoms. The molecule has 5 nitrogen and oxygen atoms in total. The molecular formula is C14H11N3O2S. The summed E-state index contributed by atoms with van der Waals surface area (Å²) in [5, 5.41) is 18.9. The van der Waals surface area contributed by atoms with Crippen LogP contribution in [0.2, 0.25) is 0 Å². The second-order valence-electron chi connectivity index (χ2n) is 4.27. The van der Waals surface area contributed by atoms with Crippen LogP contribution in [0.1, 0.15) is 5.56 Å². The molecule has 2 aromatic heterocycles. The van der Waals surface area contributed by atoms with Crippen molar-refractivity contribution >= 4 is 33.6 Å². The van der Waals surface area contributed by atoms with Crippen LogP contribution in [0.15, 0.2) is 47.3 Å². The van der Waals surface area contributed by atoms with Crippen molar-refractivity contribution in [3.63, 3.8) is 0 Å². The molecule has 0 radical (unpaired) electrons. The standard InChI is InChI=1S/C14H11N3O2S/c18-17(19)13-4-3-12(14-11(13)2-1-6-15-14)16-8-10-5-7-20-9-10/h1-7,9,16H,8H2. The van der Waals surface area contributed by atoms with E-state index in [-0.39, 0.29) is 10.6 Å². The molecule has 3 aromatic rings. The first-order chi connectivity index (χ1) is 9.75. The predicted octanol–water partition coefficient (Wildman–Crippen LogP) is 3.82. The van der Waals surface area contributed by atoms with E-state index in [9.17, 15) is 10.1 Å². The molecule has 0 unspecified atom stereocenters. The third-order valence-corrected chi connectivity index (χ3v) is 3.74. The van der Waals surface area contributed by atoms with Crippen molar-refractivity contribution < 1.29 is 4.92 Å². The molecule has 20 heavy (non-hydrogen) atoms. The van der Waals surface area contributed by atoms with Crippen LogP contribution in [0.3, 0.4) is 0 Å². The molecular weight excluding hydrogens is 274 g/mol. The summed E-state index contributed by atoms with van der Waals surface area (Å²) in [7, 11) is 0. The van der Waals surface area contributed by atoms with E-state index in [4.69, 9.17) is 0 Å². The number of hydrogen-bond acceptors (Lipinski definition) is 5. The average Bonchev–Trinajstić information content (AvgIpc) is 2.97. The van der Waals surface area contributed by atoms with E-state index >= 15 is 0 Å². The molecule has 0 aliphatic carbocycles. The number of fused-ring (bicyclic) bond motifs is 1. The van der Waals surface area contributed by atoms with Gasteiger partial charge >= 0.3 is 0 Å². The topological polar surface area (TPSA) is 68.1 Å². The SMILES string of the molecule is O=[N+]([O-])c1ccc(NCc2ccsc2)c2ncccc12. The third-order valence-electron chi connectivity index (χ3n) is 3.01. The lowest BCUT2D eigenvalue weighted by Crippen LogP contribution is -2.00. The largest absolute Gasteiger partial charge is 0.379 e. The van der Waals surface area contributed by atoms with Gasteiger partial charge in [-0.3, -0.25) is 15.1 Å². The highest BCUT2D eigenvalue weighted by Gasteiger charge is 2.14. The Labute approximate surface area is 119 Å². The van der Waals surface area contributed by atoms with Crippen LogP contribution < -0.4 is 5.32 Å². The highest BCUT2D eigenvalue weighted by Crippen LogP contribution is 2.29. The normalized spacial score (nSPS) is 10.6. The molecule has 0 atom stereocenters. The first-order valence-corrected chi connectivity index (χ1v) is 6.97. The van der Waals surface area contributed by atoms with Crippen molar-refractivity contribution in [2.75, 3.05) is 5.32 Å². The summed E-state index contributed by atoms with van der Waals surface area (Å²) in [5.41, 5.74) is 2.68. The Morgan fingerprint density at radius 1 is 1.30 bits per heavy atom. The molecule has 0 amide bonds. The predicted molar refractivity (Wildman–Crippen MR) is 80.0 cm³/mol. The lowest BCUT2D eigenvalue weighted by molar-refractivity contribution is -0.383. The fourth-order valence-electron chi connectivity index (χ4n) is 2.05. The van der Waals surface area contributed by atoms with Gasteiger partial charge in [0.25, 0.3) is 5.69 Å². The lowest BCUT2D eigenvalue weighted by atomic mass is 10.1. The Morgan fingerprint density at radius 3 is 2.95 bits per heavy atom. The van der Waals surface area contributed by atoms with Crippen LogP contribution in [0.4, 0.5) is 11.4 Å². The number of anilines is 1. The molecule has 0 saturated heterocycles. The fraction of sp³-hybridized carbons (Fsp3) is 0.0714. The van der Waals surface area contributed by atoms with Gasteiger partial charge < -0.3 is 5.32 Å². The number of nitrogens with zero attached hydrogens (tertiary/aromatic N) is 2. The van der Waals surface area contributed by atoms with Crippen molar-refractivity contribution in [2.45, 2.75) is 6.54 Å². The number of nitro benzene ring substituents is 1. The molecule has 1 N–H and O–H groups in total. The average molecular weight is 285 g/mol. The van der Waals surface area contributed by atoms with Gasteiger partial charge in [-0.15, -0.1) is 0 Å². The van der Waals surface area contributed by atoms with Gasteiger partial charge in [0.1, 0.15) is 5.52 Å². The van der Waals surface area contributed by atoms with E-state index in [0.717, 1.165) is 5.69 Å². The van der Waals surface area contributed by atoms with E-state index in [0.29, 0.717) is 17.4 Å². The smallest absolute Gasteiger partial charge is 0.278 e. The summed E-state index contributed by atoms with van der Waals surface area (Å²) in [5.74, 6) is 0. The molecule has 2 heterocycles. The van der Waals surface area contributed by atoms with E-state index in [1.54, 1.807) is 35.7 Å². The summed E-state index contributed by atoms with van der Waals surface area (Å²) in [6, 6.07) is 8.69. The van der Waals surface area contributed by atoms with E-state index < -0.39 is 0 Å². The maximum Gasteiger partial charge on any atom is 0.278 e. The zero-order valence-corrected chi connectivity index (χ0v) is 11.3. The fourth-order valence-corrected chi connectivity index (χ4v) is 2.72. The first kappa shape index (κ1) is 12.6.